The number of pyridine rings is 1. The van der Waals surface area contributed by atoms with Gasteiger partial charge in [-0.25, -0.2) is 13.2 Å². The first kappa shape index (κ1) is 24.4. The van der Waals surface area contributed by atoms with E-state index in [1.54, 1.807) is 13.1 Å². The number of carbonyl (C=O) groups excluding carboxylic acids is 2. The fourth-order valence-electron chi connectivity index (χ4n) is 4.38. The third-order valence-corrected chi connectivity index (χ3v) is 8.04. The minimum Gasteiger partial charge on any atom is -0.460 e. The summed E-state index contributed by atoms with van der Waals surface area (Å²) < 4.78 is 37.3. The first-order valence-corrected chi connectivity index (χ1v) is 13.0. The summed E-state index contributed by atoms with van der Waals surface area (Å²) in [4.78, 5) is 33.2. The Hall–Kier alpha value is -2.76. The van der Waals surface area contributed by atoms with E-state index in [-0.39, 0.29) is 42.4 Å². The van der Waals surface area contributed by atoms with E-state index in [0.29, 0.717) is 25.9 Å². The molecule has 0 aromatic carbocycles. The maximum Gasteiger partial charge on any atom is 0.374 e. The van der Waals surface area contributed by atoms with E-state index in [1.165, 1.54) is 16.4 Å². The lowest BCUT2D eigenvalue weighted by molar-refractivity contribution is -0.138. The summed E-state index contributed by atoms with van der Waals surface area (Å²) in [6.45, 7) is 6.04. The van der Waals surface area contributed by atoms with Crippen LogP contribution in [0.3, 0.4) is 0 Å². The zero-order chi connectivity index (χ0) is 24.1. The number of hydrogen-bond acceptors (Lipinski definition) is 8. The number of sulfonamides is 1. The Labute approximate surface area is 199 Å². The molecule has 2 fully saturated rings. The summed E-state index contributed by atoms with van der Waals surface area (Å²) in [5.74, 6) is -0.939. The van der Waals surface area contributed by atoms with Crippen LogP contribution in [0.25, 0.3) is 0 Å². The normalized spacial score (nSPS) is 18.7. The van der Waals surface area contributed by atoms with Gasteiger partial charge in [-0.2, -0.15) is 4.31 Å². The van der Waals surface area contributed by atoms with Gasteiger partial charge in [-0.05, 0) is 43.5 Å². The zero-order valence-corrected chi connectivity index (χ0v) is 20.1. The van der Waals surface area contributed by atoms with Gasteiger partial charge in [-0.1, -0.05) is 6.07 Å². The van der Waals surface area contributed by atoms with E-state index in [9.17, 15) is 18.0 Å². The van der Waals surface area contributed by atoms with E-state index in [4.69, 9.17) is 9.15 Å². The lowest BCUT2D eigenvalue weighted by atomic mass is 9.96. The Kier molecular flexibility index (Phi) is 7.64. The Morgan fingerprint density at radius 2 is 1.82 bits per heavy atom. The Balaban J connectivity index is 1.27. The molecule has 11 heteroatoms. The minimum atomic E-state index is -3.88. The summed E-state index contributed by atoms with van der Waals surface area (Å²) in [7, 11) is -3.88. The molecule has 34 heavy (non-hydrogen) atoms. The number of rotatable bonds is 7. The summed E-state index contributed by atoms with van der Waals surface area (Å²) >= 11 is 0. The summed E-state index contributed by atoms with van der Waals surface area (Å²) in [5.41, 5.74) is 1.15. The van der Waals surface area contributed by atoms with E-state index >= 15 is 0 Å². The van der Waals surface area contributed by atoms with Gasteiger partial charge in [0, 0.05) is 64.1 Å². The van der Waals surface area contributed by atoms with Gasteiger partial charge >= 0.3 is 5.97 Å². The van der Waals surface area contributed by atoms with Crippen LogP contribution in [0.2, 0.25) is 0 Å². The van der Waals surface area contributed by atoms with Gasteiger partial charge in [-0.3, -0.25) is 14.7 Å². The van der Waals surface area contributed by atoms with Gasteiger partial charge in [0.25, 0.3) is 10.0 Å². The third-order valence-electron chi connectivity index (χ3n) is 6.27. The number of piperazine rings is 1. The molecule has 1 amide bonds. The smallest absolute Gasteiger partial charge is 0.374 e. The lowest BCUT2D eigenvalue weighted by Crippen LogP contribution is -2.51. The van der Waals surface area contributed by atoms with Crippen LogP contribution < -0.4 is 0 Å². The highest BCUT2D eigenvalue weighted by Crippen LogP contribution is 2.27. The molecule has 0 aliphatic carbocycles. The van der Waals surface area contributed by atoms with E-state index in [1.807, 2.05) is 23.2 Å². The Morgan fingerprint density at radius 1 is 1.09 bits per heavy atom. The second kappa shape index (κ2) is 10.7. The molecule has 184 valence electrons. The van der Waals surface area contributed by atoms with Crippen molar-refractivity contribution in [3.8, 4) is 0 Å². The first-order chi connectivity index (χ1) is 16.4. The highest BCUT2D eigenvalue weighted by Gasteiger charge is 2.36. The van der Waals surface area contributed by atoms with E-state index < -0.39 is 16.0 Å². The topological polar surface area (TPSA) is 113 Å². The SMILES string of the molecule is CCOC(=O)c1ccc(S(=O)(=O)N2CCC(C(=O)N3CCN(Cc4cccnc4)CC3)CC2)o1. The largest absolute Gasteiger partial charge is 0.460 e. The number of esters is 1. The molecule has 0 spiro atoms. The fourth-order valence-corrected chi connectivity index (χ4v) is 5.76. The minimum absolute atomic E-state index is 0.0978. The molecule has 0 radical (unpaired) electrons. The van der Waals surface area contributed by atoms with Crippen LogP contribution in [0, 0.1) is 5.92 Å². The van der Waals surface area contributed by atoms with Crippen molar-refractivity contribution in [1.82, 2.24) is 19.1 Å². The molecule has 2 aromatic heterocycles. The zero-order valence-electron chi connectivity index (χ0n) is 19.3. The van der Waals surface area contributed by atoms with Crippen molar-refractivity contribution in [3.05, 3.63) is 48.0 Å². The predicted molar refractivity (Wildman–Crippen MR) is 122 cm³/mol. The van der Waals surface area contributed by atoms with E-state index in [2.05, 4.69) is 9.88 Å². The molecule has 0 bridgehead atoms. The molecule has 0 atom stereocenters. The molecule has 0 saturated carbocycles. The number of carbonyl (C=O) groups is 2. The molecule has 0 N–H and O–H groups in total. The average Bonchev–Trinajstić information content (AvgIpc) is 3.37. The second-order valence-corrected chi connectivity index (χ2v) is 10.3. The maximum absolute atomic E-state index is 13.0. The van der Waals surface area contributed by atoms with Crippen molar-refractivity contribution in [1.29, 1.82) is 0 Å². The van der Waals surface area contributed by atoms with Gasteiger partial charge in [0.05, 0.1) is 6.61 Å². The van der Waals surface area contributed by atoms with Crippen LogP contribution in [0.5, 0.6) is 0 Å². The van der Waals surface area contributed by atoms with Gasteiger partial charge in [-0.15, -0.1) is 0 Å². The Bertz CT molecular complexity index is 1090. The molecule has 4 rings (SSSR count). The molecule has 4 heterocycles. The third kappa shape index (κ3) is 5.48. The molecule has 2 aromatic rings. The number of aromatic nitrogens is 1. The van der Waals surface area contributed by atoms with Gasteiger partial charge in [0.2, 0.25) is 16.8 Å². The number of ether oxygens (including phenoxy) is 1. The molecular formula is C23H30N4O6S. The van der Waals surface area contributed by atoms with Crippen LogP contribution in [0.1, 0.15) is 35.9 Å². The number of nitrogens with zero attached hydrogens (tertiary/aromatic N) is 4. The van der Waals surface area contributed by atoms with Gasteiger partial charge in [0.1, 0.15) is 0 Å². The number of amides is 1. The van der Waals surface area contributed by atoms with Crippen molar-refractivity contribution in [2.45, 2.75) is 31.4 Å². The van der Waals surface area contributed by atoms with Crippen LogP contribution in [-0.2, 0) is 26.1 Å². The van der Waals surface area contributed by atoms with Crippen LogP contribution in [0.4, 0.5) is 0 Å². The van der Waals surface area contributed by atoms with Crippen molar-refractivity contribution >= 4 is 21.9 Å². The van der Waals surface area contributed by atoms with Crippen LogP contribution in [0.15, 0.2) is 46.2 Å². The Morgan fingerprint density at radius 3 is 2.47 bits per heavy atom. The standard InChI is InChI=1S/C23H30N4O6S/c1-2-32-23(29)20-5-6-21(33-20)34(30,31)27-10-7-19(8-11-27)22(28)26-14-12-25(13-15-26)17-18-4-3-9-24-16-18/h3-6,9,16,19H,2,7-8,10-15,17H2,1H3. The fraction of sp³-hybridized carbons (Fsp3) is 0.522. The maximum atomic E-state index is 13.0. The summed E-state index contributed by atoms with van der Waals surface area (Å²) in [5, 5.41) is -0.287. The quantitative estimate of drug-likeness (QED) is 0.538. The number of hydrogen-bond donors (Lipinski definition) is 0. The number of furan rings is 1. The predicted octanol–water partition coefficient (Wildman–Crippen LogP) is 1.60. The van der Waals surface area contributed by atoms with Crippen molar-refractivity contribution < 1.29 is 27.2 Å². The number of piperidine rings is 1. The average molecular weight is 491 g/mol. The van der Waals surface area contributed by atoms with Crippen LogP contribution >= 0.6 is 0 Å². The molecule has 10 nitrogen and oxygen atoms in total. The molecule has 2 aliphatic heterocycles. The lowest BCUT2D eigenvalue weighted by Gasteiger charge is -2.38. The summed E-state index contributed by atoms with van der Waals surface area (Å²) in [6, 6.07) is 6.54. The van der Waals surface area contributed by atoms with Crippen LogP contribution in [-0.4, -0.2) is 85.3 Å². The molecule has 2 saturated heterocycles. The molecular weight excluding hydrogens is 460 g/mol. The monoisotopic (exact) mass is 490 g/mol. The van der Waals surface area contributed by atoms with Crippen molar-refractivity contribution in [2.75, 3.05) is 45.9 Å². The second-order valence-electron chi connectivity index (χ2n) is 8.48. The summed E-state index contributed by atoms with van der Waals surface area (Å²) in [6.07, 6.45) is 4.53. The highest BCUT2D eigenvalue weighted by atomic mass is 32.2. The van der Waals surface area contributed by atoms with Gasteiger partial charge in [0.15, 0.2) is 0 Å². The van der Waals surface area contributed by atoms with E-state index in [0.717, 1.165) is 25.2 Å². The van der Waals surface area contributed by atoms with Crippen molar-refractivity contribution in [3.63, 3.8) is 0 Å². The van der Waals surface area contributed by atoms with Gasteiger partial charge < -0.3 is 14.1 Å². The molecule has 0 unspecified atom stereocenters. The first-order valence-electron chi connectivity index (χ1n) is 11.6. The van der Waals surface area contributed by atoms with Crippen molar-refractivity contribution in [2.24, 2.45) is 5.92 Å². The highest BCUT2D eigenvalue weighted by molar-refractivity contribution is 7.89. The molecule has 2 aliphatic rings.